The van der Waals surface area contributed by atoms with Crippen molar-refractivity contribution in [3.63, 3.8) is 0 Å². The molecule has 21 heavy (non-hydrogen) atoms. The topological polar surface area (TPSA) is 134 Å². The van der Waals surface area contributed by atoms with Gasteiger partial charge >= 0.3 is 16.3 Å². The second-order valence-electron chi connectivity index (χ2n) is 4.27. The fraction of sp³-hybridized carbons (Fsp3) is 0.273. The van der Waals surface area contributed by atoms with E-state index in [1.54, 1.807) is 18.6 Å². The van der Waals surface area contributed by atoms with Gasteiger partial charge in [-0.2, -0.15) is 8.42 Å². The van der Waals surface area contributed by atoms with Crippen LogP contribution >= 0.6 is 0 Å². The average Bonchev–Trinajstić information content (AvgIpc) is 2.28. The highest BCUT2D eigenvalue weighted by Crippen LogP contribution is 2.17. The van der Waals surface area contributed by atoms with Crippen molar-refractivity contribution in [3.8, 4) is 0 Å². The summed E-state index contributed by atoms with van der Waals surface area (Å²) in [5, 5.41) is 7.28. The maximum absolute atomic E-state index is 13.1. The van der Waals surface area contributed by atoms with Gasteiger partial charge in [-0.15, -0.1) is 0 Å². The molecule has 0 unspecified atom stereocenters. The summed E-state index contributed by atoms with van der Waals surface area (Å²) in [5.41, 5.74) is 4.94. The summed E-state index contributed by atoms with van der Waals surface area (Å²) < 4.78 is 44.7. The summed E-state index contributed by atoms with van der Waals surface area (Å²) in [6, 6.07) is 2.96. The molecule has 0 spiro atoms. The van der Waals surface area contributed by atoms with E-state index in [-0.39, 0.29) is 11.3 Å². The van der Waals surface area contributed by atoms with Crippen LogP contribution in [-0.2, 0) is 14.9 Å². The van der Waals surface area contributed by atoms with Crippen molar-refractivity contribution in [1.82, 2.24) is 4.72 Å². The first-order valence-electron chi connectivity index (χ1n) is 5.76. The Morgan fingerprint density at radius 3 is 2.57 bits per heavy atom. The van der Waals surface area contributed by atoms with Crippen LogP contribution in [0.25, 0.3) is 0 Å². The third-order valence-corrected chi connectivity index (χ3v) is 3.00. The number of rotatable bonds is 5. The molecule has 0 aliphatic rings. The van der Waals surface area contributed by atoms with Crippen molar-refractivity contribution in [1.29, 1.82) is 5.41 Å². The third kappa shape index (κ3) is 5.26. The van der Waals surface area contributed by atoms with Gasteiger partial charge in [-0.3, -0.25) is 10.1 Å². The van der Waals surface area contributed by atoms with Crippen molar-refractivity contribution in [3.05, 3.63) is 29.6 Å². The zero-order valence-corrected chi connectivity index (χ0v) is 12.1. The van der Waals surface area contributed by atoms with Crippen LogP contribution < -0.4 is 15.2 Å². The number of nitrogen functional groups attached to an aromatic ring is 1. The third-order valence-electron chi connectivity index (χ3n) is 2.08. The maximum atomic E-state index is 13.1. The van der Waals surface area contributed by atoms with E-state index in [0.29, 0.717) is 0 Å². The van der Waals surface area contributed by atoms with Crippen molar-refractivity contribution >= 4 is 27.8 Å². The molecular weight excluding hydrogens is 303 g/mol. The normalized spacial score (nSPS) is 11.0. The van der Waals surface area contributed by atoms with Gasteiger partial charge in [0.25, 0.3) is 0 Å². The van der Waals surface area contributed by atoms with Gasteiger partial charge in [0.1, 0.15) is 11.7 Å². The molecule has 1 aromatic carbocycles. The average molecular weight is 318 g/mol. The molecule has 0 atom stereocenters. The number of nitrogens with one attached hydrogen (secondary N) is 3. The Hall–Kier alpha value is -2.36. The Kier molecular flexibility index (Phi) is 5.08. The van der Waals surface area contributed by atoms with Gasteiger partial charge in [-0.05, 0) is 32.0 Å². The molecule has 0 aliphatic heterocycles. The standard InChI is InChI=1S/C11H15FN4O4S/c1-6(2)20-11(17)16-21(18,19)15-9-4-3-7(12)5-8(9)10(13)14/h3-6,15H,1-2H3,(H3,13,14)(H,16,17). The first kappa shape index (κ1) is 16.7. The van der Waals surface area contributed by atoms with Crippen LogP contribution in [-0.4, -0.2) is 26.5 Å². The zero-order valence-electron chi connectivity index (χ0n) is 11.3. The highest BCUT2D eigenvalue weighted by Gasteiger charge is 2.18. The lowest BCUT2D eigenvalue weighted by Crippen LogP contribution is -2.37. The van der Waals surface area contributed by atoms with Gasteiger partial charge in [0.2, 0.25) is 0 Å². The Morgan fingerprint density at radius 1 is 1.43 bits per heavy atom. The molecule has 116 valence electrons. The second kappa shape index (κ2) is 6.39. The van der Waals surface area contributed by atoms with E-state index >= 15 is 0 Å². The van der Waals surface area contributed by atoms with E-state index in [4.69, 9.17) is 11.1 Å². The quantitative estimate of drug-likeness (QED) is 0.472. The summed E-state index contributed by atoms with van der Waals surface area (Å²) in [7, 11) is -4.30. The number of amidine groups is 1. The predicted molar refractivity (Wildman–Crippen MR) is 74.7 cm³/mol. The monoisotopic (exact) mass is 318 g/mol. The highest BCUT2D eigenvalue weighted by molar-refractivity contribution is 7.91. The molecule has 10 heteroatoms. The van der Waals surface area contributed by atoms with E-state index in [0.717, 1.165) is 18.2 Å². The van der Waals surface area contributed by atoms with E-state index in [1.165, 1.54) is 0 Å². The van der Waals surface area contributed by atoms with Crippen molar-refractivity contribution < 1.29 is 22.3 Å². The van der Waals surface area contributed by atoms with Crippen LogP contribution in [0.2, 0.25) is 0 Å². The number of amides is 1. The molecule has 0 bridgehead atoms. The number of hydrogen-bond donors (Lipinski definition) is 4. The molecule has 0 heterocycles. The highest BCUT2D eigenvalue weighted by atomic mass is 32.2. The smallest absolute Gasteiger partial charge is 0.422 e. The Labute approximate surface area is 121 Å². The molecule has 0 saturated carbocycles. The predicted octanol–water partition coefficient (Wildman–Crippen LogP) is 0.901. The minimum Gasteiger partial charge on any atom is -0.446 e. The summed E-state index contributed by atoms with van der Waals surface area (Å²) >= 11 is 0. The molecule has 1 aromatic rings. The summed E-state index contributed by atoms with van der Waals surface area (Å²) in [4.78, 5) is 11.3. The van der Waals surface area contributed by atoms with Crippen LogP contribution in [0, 0.1) is 11.2 Å². The largest absolute Gasteiger partial charge is 0.446 e. The fourth-order valence-electron chi connectivity index (χ4n) is 1.35. The van der Waals surface area contributed by atoms with Crippen molar-refractivity contribution in [2.45, 2.75) is 20.0 Å². The lowest BCUT2D eigenvalue weighted by atomic mass is 10.1. The van der Waals surface area contributed by atoms with E-state index in [2.05, 4.69) is 4.74 Å². The van der Waals surface area contributed by atoms with Gasteiger partial charge < -0.3 is 10.5 Å². The number of anilines is 1. The molecule has 5 N–H and O–H groups in total. The Balaban J connectivity index is 2.94. The molecule has 0 aromatic heterocycles. The minimum atomic E-state index is -4.30. The number of ether oxygens (including phenoxy) is 1. The maximum Gasteiger partial charge on any atom is 0.422 e. The number of nitrogens with two attached hydrogens (primary N) is 1. The zero-order chi connectivity index (χ0) is 16.2. The summed E-state index contributed by atoms with van der Waals surface area (Å²) in [6.07, 6.45) is -1.66. The molecule has 0 aliphatic carbocycles. The van der Waals surface area contributed by atoms with Crippen LogP contribution in [0.3, 0.4) is 0 Å². The summed E-state index contributed by atoms with van der Waals surface area (Å²) in [6.45, 7) is 3.10. The van der Waals surface area contributed by atoms with E-state index in [9.17, 15) is 17.6 Å². The van der Waals surface area contributed by atoms with Crippen LogP contribution in [0.15, 0.2) is 18.2 Å². The molecule has 8 nitrogen and oxygen atoms in total. The number of carbonyl (C=O) groups excluding carboxylic acids is 1. The number of halogens is 1. The van der Waals surface area contributed by atoms with Crippen LogP contribution in [0.4, 0.5) is 14.9 Å². The second-order valence-corrected chi connectivity index (χ2v) is 5.68. The summed E-state index contributed by atoms with van der Waals surface area (Å²) in [5.74, 6) is -1.22. The molecule has 0 radical (unpaired) electrons. The first-order chi connectivity index (χ1) is 9.60. The van der Waals surface area contributed by atoms with Gasteiger partial charge in [-0.1, -0.05) is 0 Å². The number of hydrogen-bond acceptors (Lipinski definition) is 5. The van der Waals surface area contributed by atoms with Crippen LogP contribution in [0.5, 0.6) is 0 Å². The molecule has 1 amide bonds. The van der Waals surface area contributed by atoms with Crippen LogP contribution in [0.1, 0.15) is 19.4 Å². The minimum absolute atomic E-state index is 0.145. The van der Waals surface area contributed by atoms with Gasteiger partial charge in [0, 0.05) is 5.56 Å². The number of benzene rings is 1. The lowest BCUT2D eigenvalue weighted by molar-refractivity contribution is 0.121. The van der Waals surface area contributed by atoms with Crippen molar-refractivity contribution in [2.75, 3.05) is 4.72 Å². The Morgan fingerprint density at radius 2 is 2.05 bits per heavy atom. The fourth-order valence-corrected chi connectivity index (χ4v) is 2.13. The molecule has 0 fully saturated rings. The SMILES string of the molecule is CC(C)OC(=O)NS(=O)(=O)Nc1ccc(F)cc1C(=N)N. The number of carbonyl (C=O) groups is 1. The lowest BCUT2D eigenvalue weighted by Gasteiger charge is -2.13. The molecule has 1 rings (SSSR count). The molecular formula is C11H15FN4O4S. The van der Waals surface area contributed by atoms with E-state index < -0.39 is 34.1 Å². The van der Waals surface area contributed by atoms with Crippen molar-refractivity contribution in [2.24, 2.45) is 5.73 Å². The van der Waals surface area contributed by atoms with Gasteiger partial charge in [0.15, 0.2) is 0 Å². The Bertz CT molecular complexity index is 660. The van der Waals surface area contributed by atoms with Gasteiger partial charge in [0.05, 0.1) is 11.8 Å². The molecule has 0 saturated heterocycles. The first-order valence-corrected chi connectivity index (χ1v) is 7.24. The van der Waals surface area contributed by atoms with E-state index in [1.807, 2.05) is 4.72 Å². The van der Waals surface area contributed by atoms with Gasteiger partial charge in [-0.25, -0.2) is 13.9 Å².